The molecule has 18 heavy (non-hydrogen) atoms. The number of nitro groups is 1. The summed E-state index contributed by atoms with van der Waals surface area (Å²) in [4.78, 5) is 10.6. The Labute approximate surface area is 108 Å². The number of hydrogen-bond donors (Lipinski definition) is 1. The van der Waals surface area contributed by atoms with Crippen LogP contribution in [0.3, 0.4) is 0 Å². The molecule has 0 aliphatic rings. The minimum Gasteiger partial charge on any atom is -0.297 e. The van der Waals surface area contributed by atoms with Gasteiger partial charge in [0.15, 0.2) is 0 Å². The third-order valence-corrected chi connectivity index (χ3v) is 2.83. The predicted molar refractivity (Wildman–Crippen MR) is 72.2 cm³/mol. The lowest BCUT2D eigenvalue weighted by Gasteiger charge is -2.19. The highest BCUT2D eigenvalue weighted by Crippen LogP contribution is 2.24. The van der Waals surface area contributed by atoms with Crippen LogP contribution in [0, 0.1) is 22.5 Å². The number of para-hydroxylation sites is 1. The molecule has 0 amide bonds. The fraction of sp³-hybridized carbons (Fsp3) is 0.429. The molecule has 2 atom stereocenters. The Hall–Kier alpha value is -1.86. The van der Waals surface area contributed by atoms with Crippen molar-refractivity contribution in [3.63, 3.8) is 0 Å². The normalized spacial score (nSPS) is 13.6. The molecule has 4 nitrogen and oxygen atoms in total. The van der Waals surface area contributed by atoms with Crippen LogP contribution in [0.2, 0.25) is 0 Å². The molecule has 0 saturated heterocycles. The third-order valence-electron chi connectivity index (χ3n) is 2.83. The van der Waals surface area contributed by atoms with Gasteiger partial charge in [-0.3, -0.25) is 15.4 Å². The second kappa shape index (κ2) is 6.77. The summed E-state index contributed by atoms with van der Waals surface area (Å²) >= 11 is 0. The summed E-state index contributed by atoms with van der Waals surface area (Å²) in [6.45, 7) is 3.95. The van der Waals surface area contributed by atoms with Gasteiger partial charge in [0.1, 0.15) is 0 Å². The van der Waals surface area contributed by atoms with Crippen LogP contribution in [0.25, 0.3) is 0 Å². The Morgan fingerprint density at radius 3 is 2.72 bits per heavy atom. The molecule has 96 valence electrons. The molecule has 0 heterocycles. The first kappa shape index (κ1) is 14.2. The van der Waals surface area contributed by atoms with Crippen molar-refractivity contribution >= 4 is 5.69 Å². The van der Waals surface area contributed by atoms with E-state index in [1.165, 1.54) is 6.07 Å². The average Bonchev–Trinajstić information content (AvgIpc) is 2.38. The summed E-state index contributed by atoms with van der Waals surface area (Å²) in [5.41, 5.74) is 0.795. The largest absolute Gasteiger partial charge is 0.297 e. The molecule has 1 aromatic carbocycles. The topological polar surface area (TPSA) is 55.2 Å². The van der Waals surface area contributed by atoms with Gasteiger partial charge in [0.25, 0.3) is 5.69 Å². The zero-order valence-corrected chi connectivity index (χ0v) is 10.7. The molecule has 0 aliphatic heterocycles. The Morgan fingerprint density at radius 1 is 1.50 bits per heavy atom. The van der Waals surface area contributed by atoms with E-state index >= 15 is 0 Å². The van der Waals surface area contributed by atoms with Gasteiger partial charge in [0.05, 0.1) is 11.0 Å². The van der Waals surface area contributed by atoms with E-state index < -0.39 is 0 Å². The molecule has 0 spiro atoms. The second-order valence-corrected chi connectivity index (χ2v) is 4.21. The van der Waals surface area contributed by atoms with Crippen molar-refractivity contribution in [1.29, 1.82) is 0 Å². The van der Waals surface area contributed by atoms with E-state index in [4.69, 9.17) is 6.42 Å². The van der Waals surface area contributed by atoms with Crippen LogP contribution < -0.4 is 5.32 Å². The number of terminal acetylenes is 1. The summed E-state index contributed by atoms with van der Waals surface area (Å²) in [7, 11) is 0. The van der Waals surface area contributed by atoms with Gasteiger partial charge in [-0.15, -0.1) is 6.42 Å². The Bertz CT molecular complexity index is 451. The van der Waals surface area contributed by atoms with Crippen LogP contribution in [0.5, 0.6) is 0 Å². The Morgan fingerprint density at radius 2 is 2.17 bits per heavy atom. The van der Waals surface area contributed by atoms with Crippen molar-refractivity contribution in [2.24, 2.45) is 0 Å². The maximum atomic E-state index is 10.9. The molecule has 2 unspecified atom stereocenters. The summed E-state index contributed by atoms with van der Waals surface area (Å²) in [6.07, 6.45) is 7.28. The molecule has 0 fully saturated rings. The highest BCUT2D eigenvalue weighted by Gasteiger charge is 2.19. The van der Waals surface area contributed by atoms with Gasteiger partial charge in [0.2, 0.25) is 0 Å². The van der Waals surface area contributed by atoms with E-state index in [2.05, 4.69) is 18.2 Å². The number of hydrogen-bond acceptors (Lipinski definition) is 3. The van der Waals surface area contributed by atoms with E-state index in [1.54, 1.807) is 18.2 Å². The lowest BCUT2D eigenvalue weighted by Crippen LogP contribution is -2.30. The fourth-order valence-corrected chi connectivity index (χ4v) is 1.91. The van der Waals surface area contributed by atoms with E-state index in [0.717, 1.165) is 12.8 Å². The predicted octanol–water partition coefficient (Wildman–Crippen LogP) is 3.05. The molecular formula is C14H18N2O2. The number of nitrogens with one attached hydrogen (secondary N) is 1. The van der Waals surface area contributed by atoms with Crippen LogP contribution in [0.4, 0.5) is 5.69 Å². The van der Waals surface area contributed by atoms with Gasteiger partial charge < -0.3 is 0 Å². The monoisotopic (exact) mass is 246 g/mol. The smallest absolute Gasteiger partial charge is 0.274 e. The molecule has 0 saturated carbocycles. The van der Waals surface area contributed by atoms with Crippen molar-refractivity contribution in [2.75, 3.05) is 0 Å². The minimum absolute atomic E-state index is 0.0511. The zero-order valence-electron chi connectivity index (χ0n) is 10.7. The van der Waals surface area contributed by atoms with Gasteiger partial charge in [-0.25, -0.2) is 0 Å². The summed E-state index contributed by atoms with van der Waals surface area (Å²) in [6, 6.07) is 6.54. The van der Waals surface area contributed by atoms with Crippen molar-refractivity contribution < 1.29 is 4.92 Å². The molecule has 0 bridgehead atoms. The maximum Gasteiger partial charge on any atom is 0.274 e. The first-order valence-electron chi connectivity index (χ1n) is 6.05. The van der Waals surface area contributed by atoms with E-state index in [1.807, 2.05) is 6.92 Å². The summed E-state index contributed by atoms with van der Waals surface area (Å²) in [5.74, 6) is 2.67. The number of nitro benzene ring substituents is 1. The lowest BCUT2D eigenvalue weighted by atomic mass is 10.0. The zero-order chi connectivity index (χ0) is 13.5. The van der Waals surface area contributed by atoms with Gasteiger partial charge in [-0.1, -0.05) is 37.5 Å². The summed E-state index contributed by atoms with van der Waals surface area (Å²) < 4.78 is 0. The molecule has 1 N–H and O–H groups in total. The van der Waals surface area contributed by atoms with Crippen molar-refractivity contribution in [3.8, 4) is 12.3 Å². The lowest BCUT2D eigenvalue weighted by molar-refractivity contribution is -0.385. The molecular weight excluding hydrogens is 228 g/mol. The maximum absolute atomic E-state index is 10.9. The molecule has 1 rings (SSSR count). The van der Waals surface area contributed by atoms with Crippen molar-refractivity contribution in [3.05, 3.63) is 39.9 Å². The minimum atomic E-state index is -0.363. The number of rotatable bonds is 6. The molecule has 0 radical (unpaired) electrons. The fourth-order valence-electron chi connectivity index (χ4n) is 1.91. The molecule has 4 heteroatoms. The highest BCUT2D eigenvalue weighted by atomic mass is 16.6. The molecule has 0 aromatic heterocycles. The number of benzene rings is 1. The third kappa shape index (κ3) is 3.57. The first-order valence-corrected chi connectivity index (χ1v) is 6.05. The Balaban J connectivity index is 2.87. The van der Waals surface area contributed by atoms with E-state index in [-0.39, 0.29) is 22.7 Å². The SMILES string of the molecule is C#CC(CCC)NC(C)c1ccccc1[N+](=O)[O-]. The van der Waals surface area contributed by atoms with E-state index in [0.29, 0.717) is 5.56 Å². The van der Waals surface area contributed by atoms with Gasteiger partial charge in [-0.05, 0) is 13.3 Å². The average molecular weight is 246 g/mol. The van der Waals surface area contributed by atoms with E-state index in [9.17, 15) is 10.1 Å². The first-order chi connectivity index (χ1) is 8.60. The second-order valence-electron chi connectivity index (χ2n) is 4.21. The quantitative estimate of drug-likeness (QED) is 0.477. The van der Waals surface area contributed by atoms with Crippen LogP contribution >= 0.6 is 0 Å². The highest BCUT2D eigenvalue weighted by molar-refractivity contribution is 5.41. The summed E-state index contributed by atoms with van der Waals surface area (Å²) in [5, 5.41) is 14.2. The van der Waals surface area contributed by atoms with Crippen LogP contribution in [-0.2, 0) is 0 Å². The standard InChI is InChI=1S/C14H18N2O2/c1-4-8-12(5-2)15-11(3)13-9-6-7-10-14(13)16(17)18/h2,6-7,9-12,15H,4,8H2,1,3H3. The molecule has 0 aliphatic carbocycles. The van der Waals surface area contributed by atoms with Gasteiger partial charge >= 0.3 is 0 Å². The number of nitrogens with zero attached hydrogens (tertiary/aromatic N) is 1. The van der Waals surface area contributed by atoms with Gasteiger partial charge in [0, 0.05) is 17.7 Å². The van der Waals surface area contributed by atoms with Gasteiger partial charge in [-0.2, -0.15) is 0 Å². The van der Waals surface area contributed by atoms with Crippen LogP contribution in [0.1, 0.15) is 38.3 Å². The van der Waals surface area contributed by atoms with Crippen LogP contribution in [0.15, 0.2) is 24.3 Å². The molecule has 1 aromatic rings. The van der Waals surface area contributed by atoms with Crippen molar-refractivity contribution in [1.82, 2.24) is 5.32 Å². The van der Waals surface area contributed by atoms with Crippen molar-refractivity contribution in [2.45, 2.75) is 38.8 Å². The Kier molecular flexibility index (Phi) is 5.34. The van der Waals surface area contributed by atoms with Crippen LogP contribution in [-0.4, -0.2) is 11.0 Å².